The number of rotatable bonds is 2. The molecule has 0 spiro atoms. The van der Waals surface area contributed by atoms with Gasteiger partial charge in [0.15, 0.2) is 11.5 Å². The summed E-state index contributed by atoms with van der Waals surface area (Å²) in [5.74, 6) is 0.599. The molecule has 1 aliphatic rings. The van der Waals surface area contributed by atoms with Gasteiger partial charge < -0.3 is 20.7 Å². The van der Waals surface area contributed by atoms with E-state index in [2.05, 4.69) is 0 Å². The number of methoxy groups -OCH3 is 1. The Morgan fingerprint density at radius 1 is 1.27 bits per heavy atom. The van der Waals surface area contributed by atoms with Crippen LogP contribution in [0.25, 0.3) is 0 Å². The first-order valence-corrected chi connectivity index (χ1v) is 4.99. The summed E-state index contributed by atoms with van der Waals surface area (Å²) in [6.45, 7) is 0. The molecule has 1 aromatic carbocycles. The van der Waals surface area contributed by atoms with E-state index in [9.17, 15) is 10.2 Å². The predicted molar refractivity (Wildman–Crippen MR) is 56.3 cm³/mol. The molecule has 4 N–H and O–H groups in total. The molecule has 1 fully saturated rings. The topological polar surface area (TPSA) is 75.7 Å². The Morgan fingerprint density at radius 2 is 2.00 bits per heavy atom. The van der Waals surface area contributed by atoms with Crippen LogP contribution in [0.5, 0.6) is 17.2 Å². The maximum Gasteiger partial charge on any atom is 0.161 e. The molecule has 1 aliphatic carbocycles. The minimum absolute atomic E-state index is 0.0494. The maximum absolute atomic E-state index is 9.69. The lowest BCUT2D eigenvalue weighted by atomic mass is 9.75. The van der Waals surface area contributed by atoms with Crippen molar-refractivity contribution in [2.75, 3.05) is 7.11 Å². The predicted octanol–water partition coefficient (Wildman–Crippen LogP) is 1.31. The molecular formula is C11H15NO3. The van der Waals surface area contributed by atoms with Gasteiger partial charge >= 0.3 is 0 Å². The van der Waals surface area contributed by atoms with E-state index < -0.39 is 0 Å². The van der Waals surface area contributed by atoms with Crippen LogP contribution in [0.3, 0.4) is 0 Å². The molecule has 1 saturated carbocycles. The van der Waals surface area contributed by atoms with Crippen molar-refractivity contribution in [3.05, 3.63) is 17.7 Å². The fourth-order valence-electron chi connectivity index (χ4n) is 1.95. The van der Waals surface area contributed by atoms with Gasteiger partial charge in [-0.25, -0.2) is 0 Å². The Balaban J connectivity index is 2.38. The van der Waals surface area contributed by atoms with E-state index in [0.29, 0.717) is 5.75 Å². The van der Waals surface area contributed by atoms with Crippen molar-refractivity contribution in [2.24, 2.45) is 5.73 Å². The van der Waals surface area contributed by atoms with Crippen LogP contribution in [0.2, 0.25) is 0 Å². The van der Waals surface area contributed by atoms with Gasteiger partial charge in [0, 0.05) is 23.6 Å². The van der Waals surface area contributed by atoms with Gasteiger partial charge in [-0.1, -0.05) is 0 Å². The van der Waals surface area contributed by atoms with Crippen LogP contribution in [0.4, 0.5) is 0 Å². The molecule has 2 unspecified atom stereocenters. The average molecular weight is 209 g/mol. The maximum atomic E-state index is 9.69. The zero-order chi connectivity index (χ0) is 11.0. The quantitative estimate of drug-likeness (QED) is 0.686. The zero-order valence-corrected chi connectivity index (χ0v) is 8.60. The van der Waals surface area contributed by atoms with Crippen molar-refractivity contribution in [1.29, 1.82) is 0 Å². The van der Waals surface area contributed by atoms with Crippen LogP contribution in [0.15, 0.2) is 12.1 Å². The first-order valence-electron chi connectivity index (χ1n) is 4.99. The van der Waals surface area contributed by atoms with Crippen molar-refractivity contribution >= 4 is 0 Å². The molecule has 82 valence electrons. The van der Waals surface area contributed by atoms with Crippen LogP contribution in [-0.4, -0.2) is 23.4 Å². The Bertz CT molecular complexity index is 378. The summed E-state index contributed by atoms with van der Waals surface area (Å²) < 4.78 is 4.99. The lowest BCUT2D eigenvalue weighted by Gasteiger charge is -2.34. The highest BCUT2D eigenvalue weighted by atomic mass is 16.5. The molecule has 2 rings (SSSR count). The molecule has 0 amide bonds. The smallest absolute Gasteiger partial charge is 0.161 e. The van der Waals surface area contributed by atoms with Crippen LogP contribution in [-0.2, 0) is 0 Å². The van der Waals surface area contributed by atoms with E-state index in [0.717, 1.165) is 18.4 Å². The first kappa shape index (κ1) is 10.1. The van der Waals surface area contributed by atoms with E-state index in [4.69, 9.17) is 10.5 Å². The highest BCUT2D eigenvalue weighted by Gasteiger charge is 2.31. The number of aromatic hydroxyl groups is 2. The normalized spacial score (nSPS) is 24.7. The molecule has 1 aromatic rings. The third kappa shape index (κ3) is 1.61. The minimum Gasteiger partial charge on any atom is -0.508 e. The van der Waals surface area contributed by atoms with Gasteiger partial charge in [-0.2, -0.15) is 0 Å². The molecule has 0 bridgehead atoms. The monoisotopic (exact) mass is 209 g/mol. The second kappa shape index (κ2) is 3.62. The highest BCUT2D eigenvalue weighted by Crippen LogP contribution is 2.43. The zero-order valence-electron chi connectivity index (χ0n) is 8.60. The van der Waals surface area contributed by atoms with Gasteiger partial charge in [0.25, 0.3) is 0 Å². The molecule has 0 radical (unpaired) electrons. The number of hydrogen-bond donors (Lipinski definition) is 3. The van der Waals surface area contributed by atoms with Crippen LogP contribution >= 0.6 is 0 Å². The third-order valence-corrected chi connectivity index (χ3v) is 3.06. The molecule has 0 heterocycles. The number of phenolic OH excluding ortho intramolecular Hbond substituents is 2. The Kier molecular flexibility index (Phi) is 2.44. The van der Waals surface area contributed by atoms with E-state index in [1.807, 2.05) is 0 Å². The Labute approximate surface area is 88.3 Å². The van der Waals surface area contributed by atoms with Gasteiger partial charge in [0.2, 0.25) is 0 Å². The second-order valence-electron chi connectivity index (χ2n) is 3.93. The summed E-state index contributed by atoms with van der Waals surface area (Å²) >= 11 is 0. The standard InChI is InChI=1S/C11H15NO3/c1-15-11-4-7(6-2-3-8(6)12)9(13)5-10(11)14/h4-6,8,13-14H,2-3,12H2,1H3. The number of phenols is 2. The van der Waals surface area contributed by atoms with Gasteiger partial charge in [0.1, 0.15) is 5.75 Å². The van der Waals surface area contributed by atoms with E-state index >= 15 is 0 Å². The fourth-order valence-corrected chi connectivity index (χ4v) is 1.95. The summed E-state index contributed by atoms with van der Waals surface area (Å²) in [6, 6.07) is 3.07. The summed E-state index contributed by atoms with van der Waals surface area (Å²) in [6.07, 6.45) is 1.95. The number of hydrogen-bond acceptors (Lipinski definition) is 4. The van der Waals surface area contributed by atoms with E-state index in [1.165, 1.54) is 13.2 Å². The summed E-state index contributed by atoms with van der Waals surface area (Å²) in [5, 5.41) is 19.1. The molecule has 0 aliphatic heterocycles. The molecule has 4 heteroatoms. The van der Waals surface area contributed by atoms with Crippen molar-refractivity contribution < 1.29 is 14.9 Å². The number of ether oxygens (including phenoxy) is 1. The van der Waals surface area contributed by atoms with Gasteiger partial charge in [-0.15, -0.1) is 0 Å². The van der Waals surface area contributed by atoms with E-state index in [-0.39, 0.29) is 23.5 Å². The van der Waals surface area contributed by atoms with Crippen molar-refractivity contribution in [3.8, 4) is 17.2 Å². The van der Waals surface area contributed by atoms with Crippen molar-refractivity contribution in [3.63, 3.8) is 0 Å². The van der Waals surface area contributed by atoms with Gasteiger partial charge in [0.05, 0.1) is 7.11 Å². The summed E-state index contributed by atoms with van der Waals surface area (Å²) in [5.41, 5.74) is 6.61. The lowest BCUT2D eigenvalue weighted by Crippen LogP contribution is -2.37. The third-order valence-electron chi connectivity index (χ3n) is 3.06. The Hall–Kier alpha value is -1.42. The van der Waals surface area contributed by atoms with Crippen molar-refractivity contribution in [1.82, 2.24) is 0 Å². The largest absolute Gasteiger partial charge is 0.508 e. The molecule has 0 saturated heterocycles. The van der Waals surface area contributed by atoms with Crippen LogP contribution < -0.4 is 10.5 Å². The summed E-state index contributed by atoms with van der Waals surface area (Å²) in [4.78, 5) is 0. The Morgan fingerprint density at radius 3 is 2.47 bits per heavy atom. The molecule has 0 aromatic heterocycles. The fraction of sp³-hybridized carbons (Fsp3) is 0.455. The van der Waals surface area contributed by atoms with Gasteiger partial charge in [-0.3, -0.25) is 0 Å². The molecular weight excluding hydrogens is 194 g/mol. The van der Waals surface area contributed by atoms with Crippen molar-refractivity contribution in [2.45, 2.75) is 24.8 Å². The van der Waals surface area contributed by atoms with Crippen LogP contribution in [0, 0.1) is 0 Å². The first-order chi connectivity index (χ1) is 7.13. The van der Waals surface area contributed by atoms with Crippen LogP contribution in [0.1, 0.15) is 24.3 Å². The minimum atomic E-state index is -0.0494. The number of nitrogens with two attached hydrogens (primary N) is 1. The molecule has 15 heavy (non-hydrogen) atoms. The molecule has 2 atom stereocenters. The van der Waals surface area contributed by atoms with E-state index in [1.54, 1.807) is 6.07 Å². The van der Waals surface area contributed by atoms with Gasteiger partial charge in [-0.05, 0) is 18.9 Å². The second-order valence-corrected chi connectivity index (χ2v) is 3.93. The number of benzene rings is 1. The highest BCUT2D eigenvalue weighted by molar-refractivity contribution is 5.51. The molecule has 4 nitrogen and oxygen atoms in total. The average Bonchev–Trinajstić information content (AvgIpc) is 2.19. The SMILES string of the molecule is COc1cc(C2CCC2N)c(O)cc1O. The lowest BCUT2D eigenvalue weighted by molar-refractivity contribution is 0.327. The summed E-state index contributed by atoms with van der Waals surface area (Å²) in [7, 11) is 1.48.